The van der Waals surface area contributed by atoms with Gasteiger partial charge in [0, 0.05) is 16.3 Å². The Morgan fingerprint density at radius 2 is 1.95 bits per heavy atom. The van der Waals surface area contributed by atoms with Gasteiger partial charge in [-0.1, -0.05) is 35.4 Å². The van der Waals surface area contributed by atoms with Gasteiger partial charge in [0.25, 0.3) is 0 Å². The molecule has 2 aromatic carbocycles. The van der Waals surface area contributed by atoms with Crippen LogP contribution in [0, 0.1) is 13.8 Å². The number of hydrogen-bond acceptors (Lipinski definition) is 2. The topological polar surface area (TPSA) is 49.3 Å². The van der Waals surface area contributed by atoms with E-state index in [9.17, 15) is 9.90 Å². The van der Waals surface area contributed by atoms with Crippen molar-refractivity contribution in [1.82, 2.24) is 0 Å². The van der Waals surface area contributed by atoms with E-state index in [1.54, 1.807) is 6.07 Å². The van der Waals surface area contributed by atoms with Crippen LogP contribution in [0.3, 0.4) is 0 Å². The molecule has 0 spiro atoms. The fraction of sp³-hybridized carbons (Fsp3) is 0.235. The Morgan fingerprint density at radius 3 is 2.71 bits per heavy atom. The van der Waals surface area contributed by atoms with Gasteiger partial charge in [0.05, 0.1) is 6.42 Å². The third-order valence-electron chi connectivity index (χ3n) is 3.87. The fourth-order valence-corrected chi connectivity index (χ4v) is 2.97. The van der Waals surface area contributed by atoms with Crippen LogP contribution in [0.2, 0.25) is 5.02 Å². The molecule has 0 aliphatic carbocycles. The van der Waals surface area contributed by atoms with Crippen molar-refractivity contribution in [2.75, 3.05) is 5.32 Å². The van der Waals surface area contributed by atoms with Crippen molar-refractivity contribution in [2.45, 2.75) is 26.4 Å². The Morgan fingerprint density at radius 1 is 1.19 bits per heavy atom. The maximum atomic E-state index is 11.4. The van der Waals surface area contributed by atoms with Gasteiger partial charge < -0.3 is 10.4 Å². The predicted octanol–water partition coefficient (Wildman–Crippen LogP) is 3.53. The van der Waals surface area contributed by atoms with Crippen LogP contribution in [0.1, 0.15) is 33.9 Å². The number of halogens is 1. The van der Waals surface area contributed by atoms with Crippen LogP contribution in [0.25, 0.3) is 0 Å². The quantitative estimate of drug-likeness (QED) is 0.891. The first-order valence-corrected chi connectivity index (χ1v) is 7.21. The van der Waals surface area contributed by atoms with Crippen molar-refractivity contribution in [2.24, 2.45) is 0 Å². The highest BCUT2D eigenvalue weighted by molar-refractivity contribution is 6.32. The molecule has 0 saturated heterocycles. The molecule has 2 aromatic rings. The molecule has 2 N–H and O–H groups in total. The predicted molar refractivity (Wildman–Crippen MR) is 83.8 cm³/mol. The molecule has 0 bridgehead atoms. The number of carbonyl (C=O) groups is 1. The van der Waals surface area contributed by atoms with Gasteiger partial charge >= 0.3 is 0 Å². The molecule has 3 rings (SSSR count). The van der Waals surface area contributed by atoms with E-state index in [2.05, 4.69) is 5.32 Å². The summed E-state index contributed by atoms with van der Waals surface area (Å²) in [5, 5.41) is 13.9. The number of anilines is 1. The highest BCUT2D eigenvalue weighted by atomic mass is 35.5. The Hall–Kier alpha value is -1.84. The van der Waals surface area contributed by atoms with E-state index in [-0.39, 0.29) is 5.91 Å². The van der Waals surface area contributed by atoms with Gasteiger partial charge in [0.15, 0.2) is 0 Å². The summed E-state index contributed by atoms with van der Waals surface area (Å²) < 4.78 is 0. The number of carbonyl (C=O) groups excluding carboxylic acids is 1. The molecule has 1 heterocycles. The first-order valence-electron chi connectivity index (χ1n) is 6.83. The molecule has 0 saturated carbocycles. The van der Waals surface area contributed by atoms with Gasteiger partial charge in [0.2, 0.25) is 5.91 Å². The minimum absolute atomic E-state index is 0.0422. The smallest absolute Gasteiger partial charge is 0.228 e. The number of benzene rings is 2. The highest BCUT2D eigenvalue weighted by Crippen LogP contribution is 2.36. The van der Waals surface area contributed by atoms with E-state index < -0.39 is 6.10 Å². The third kappa shape index (κ3) is 2.55. The average molecular weight is 302 g/mol. The lowest BCUT2D eigenvalue weighted by molar-refractivity contribution is -0.115. The Kier molecular flexibility index (Phi) is 3.47. The van der Waals surface area contributed by atoms with Crippen LogP contribution in [0.15, 0.2) is 30.3 Å². The van der Waals surface area contributed by atoms with Gasteiger partial charge in [-0.2, -0.15) is 0 Å². The van der Waals surface area contributed by atoms with E-state index in [1.165, 1.54) is 0 Å². The minimum Gasteiger partial charge on any atom is -0.384 e. The number of nitrogens with one attached hydrogen (secondary N) is 1. The molecule has 1 aliphatic rings. The van der Waals surface area contributed by atoms with Crippen LogP contribution in [-0.4, -0.2) is 11.0 Å². The van der Waals surface area contributed by atoms with Crippen molar-refractivity contribution >= 4 is 23.2 Å². The number of aliphatic hydroxyl groups is 1. The van der Waals surface area contributed by atoms with E-state index in [0.29, 0.717) is 17.0 Å². The standard InChI is InChI=1S/C17H16ClNO2/c1-9-3-4-10(2)12(5-9)17(21)13-6-11-7-16(20)19-15(11)8-14(13)18/h3-6,8,17,21H,7H2,1-2H3,(H,19,20). The lowest BCUT2D eigenvalue weighted by Gasteiger charge is -2.17. The van der Waals surface area contributed by atoms with Crippen molar-refractivity contribution in [3.63, 3.8) is 0 Å². The summed E-state index contributed by atoms with van der Waals surface area (Å²) in [6.45, 7) is 3.95. The second-order valence-electron chi connectivity index (χ2n) is 5.52. The molecule has 1 unspecified atom stereocenters. The number of fused-ring (bicyclic) bond motifs is 1. The van der Waals surface area contributed by atoms with Gasteiger partial charge in [0.1, 0.15) is 6.10 Å². The van der Waals surface area contributed by atoms with Crippen LogP contribution >= 0.6 is 11.6 Å². The summed E-state index contributed by atoms with van der Waals surface area (Å²) in [6.07, 6.45) is -0.461. The Balaban J connectivity index is 2.06. The van der Waals surface area contributed by atoms with Crippen molar-refractivity contribution in [3.05, 3.63) is 63.2 Å². The molecule has 4 heteroatoms. The SMILES string of the molecule is Cc1ccc(C)c(C(O)c2cc3c(cc2Cl)NC(=O)C3)c1. The molecule has 1 atom stereocenters. The monoisotopic (exact) mass is 301 g/mol. The second kappa shape index (κ2) is 5.17. The lowest BCUT2D eigenvalue weighted by atomic mass is 9.94. The largest absolute Gasteiger partial charge is 0.384 e. The summed E-state index contributed by atoms with van der Waals surface area (Å²) in [4.78, 5) is 11.4. The van der Waals surface area contributed by atoms with Gasteiger partial charge in [-0.05, 0) is 42.7 Å². The molecule has 0 radical (unpaired) electrons. The Labute approximate surface area is 128 Å². The van der Waals surface area contributed by atoms with Crippen LogP contribution in [0.4, 0.5) is 5.69 Å². The molecular formula is C17H16ClNO2. The third-order valence-corrected chi connectivity index (χ3v) is 4.20. The molecule has 0 aromatic heterocycles. The highest BCUT2D eigenvalue weighted by Gasteiger charge is 2.23. The number of rotatable bonds is 2. The average Bonchev–Trinajstić information content (AvgIpc) is 2.79. The molecule has 21 heavy (non-hydrogen) atoms. The second-order valence-corrected chi connectivity index (χ2v) is 5.93. The van der Waals surface area contributed by atoms with Crippen LogP contribution in [0.5, 0.6) is 0 Å². The first-order chi connectivity index (χ1) is 9.95. The van der Waals surface area contributed by atoms with E-state index in [4.69, 9.17) is 11.6 Å². The molecule has 3 nitrogen and oxygen atoms in total. The number of aliphatic hydroxyl groups excluding tert-OH is 1. The zero-order valence-corrected chi connectivity index (χ0v) is 12.7. The summed E-state index contributed by atoms with van der Waals surface area (Å²) >= 11 is 6.28. The van der Waals surface area contributed by atoms with Crippen LogP contribution < -0.4 is 5.32 Å². The Bertz CT molecular complexity index is 740. The summed E-state index contributed by atoms with van der Waals surface area (Å²) in [5.41, 5.74) is 5.20. The van der Waals surface area contributed by atoms with Crippen LogP contribution in [-0.2, 0) is 11.2 Å². The van der Waals surface area contributed by atoms with Crippen molar-refractivity contribution in [3.8, 4) is 0 Å². The van der Waals surface area contributed by atoms with Gasteiger partial charge in [-0.15, -0.1) is 0 Å². The lowest BCUT2D eigenvalue weighted by Crippen LogP contribution is -2.04. The molecule has 0 fully saturated rings. The fourth-order valence-electron chi connectivity index (χ4n) is 2.70. The van der Waals surface area contributed by atoms with E-state index >= 15 is 0 Å². The molecular weight excluding hydrogens is 286 g/mol. The summed E-state index contributed by atoms with van der Waals surface area (Å²) in [6, 6.07) is 9.50. The molecule has 108 valence electrons. The summed E-state index contributed by atoms with van der Waals surface area (Å²) in [7, 11) is 0. The first kappa shape index (κ1) is 14.1. The van der Waals surface area contributed by atoms with Gasteiger partial charge in [-0.25, -0.2) is 0 Å². The zero-order valence-electron chi connectivity index (χ0n) is 11.9. The summed E-state index contributed by atoms with van der Waals surface area (Å²) in [5.74, 6) is -0.0422. The van der Waals surface area contributed by atoms with E-state index in [1.807, 2.05) is 38.1 Å². The maximum absolute atomic E-state index is 11.4. The number of aryl methyl sites for hydroxylation is 2. The molecule has 1 aliphatic heterocycles. The van der Waals surface area contributed by atoms with Gasteiger partial charge in [-0.3, -0.25) is 4.79 Å². The molecule has 1 amide bonds. The number of amides is 1. The maximum Gasteiger partial charge on any atom is 0.228 e. The van der Waals surface area contributed by atoms with E-state index in [0.717, 1.165) is 27.9 Å². The minimum atomic E-state index is -0.793. The van der Waals surface area contributed by atoms with Crippen molar-refractivity contribution < 1.29 is 9.90 Å². The normalized spacial score (nSPS) is 14.8. The van der Waals surface area contributed by atoms with Crippen molar-refractivity contribution in [1.29, 1.82) is 0 Å². The number of hydrogen-bond donors (Lipinski definition) is 2. The zero-order chi connectivity index (χ0) is 15.1.